The molecule has 0 aliphatic carbocycles. The highest BCUT2D eigenvalue weighted by Gasteiger charge is 2.01. The molecule has 0 N–H and O–H groups in total. The van der Waals surface area contributed by atoms with Gasteiger partial charge < -0.3 is 4.74 Å². The molecule has 0 aliphatic heterocycles. The van der Waals surface area contributed by atoms with Crippen LogP contribution in [-0.4, -0.2) is 24.5 Å². The maximum absolute atomic E-state index is 5.79. The predicted octanol–water partition coefficient (Wildman–Crippen LogP) is 4.21. The van der Waals surface area contributed by atoms with Crippen LogP contribution in [0.15, 0.2) is 0 Å². The molecule has 1 nitrogen and oxygen atoms in total. The number of hydrogen-bond acceptors (Lipinski definition) is 1. The Balaban J connectivity index is 2.92. The minimum Gasteiger partial charge on any atom is -0.380 e. The van der Waals surface area contributed by atoms with Gasteiger partial charge in [-0.3, -0.25) is 0 Å². The van der Waals surface area contributed by atoms with E-state index in [1.165, 1.54) is 32.1 Å². The number of alkyl halides is 2. The van der Waals surface area contributed by atoms with Crippen molar-refractivity contribution in [3.05, 3.63) is 0 Å². The monoisotopic (exact) mass is 240 g/mol. The van der Waals surface area contributed by atoms with Crippen molar-refractivity contribution in [3.63, 3.8) is 0 Å². The SMILES string of the molecule is CCCCCCCCOCC(Cl)CCl. The molecule has 0 aromatic heterocycles. The Morgan fingerprint density at radius 1 is 1.07 bits per heavy atom. The van der Waals surface area contributed by atoms with Gasteiger partial charge >= 0.3 is 0 Å². The molecule has 0 saturated heterocycles. The fourth-order valence-electron chi connectivity index (χ4n) is 1.24. The van der Waals surface area contributed by atoms with Crippen molar-refractivity contribution in [2.45, 2.75) is 50.8 Å². The summed E-state index contributed by atoms with van der Waals surface area (Å²) in [4.78, 5) is 0. The molecular formula is C11H22Cl2O. The summed E-state index contributed by atoms with van der Waals surface area (Å²) in [6.45, 7) is 3.64. The predicted molar refractivity (Wildman–Crippen MR) is 64.6 cm³/mol. The van der Waals surface area contributed by atoms with Gasteiger partial charge in [-0.05, 0) is 6.42 Å². The topological polar surface area (TPSA) is 9.23 Å². The molecule has 1 atom stereocenters. The van der Waals surface area contributed by atoms with E-state index >= 15 is 0 Å². The summed E-state index contributed by atoms with van der Waals surface area (Å²) < 4.78 is 5.38. The molecule has 0 aromatic rings. The molecule has 0 bridgehead atoms. The summed E-state index contributed by atoms with van der Waals surface area (Å²) in [7, 11) is 0. The molecule has 0 fully saturated rings. The number of unbranched alkanes of at least 4 members (excludes halogenated alkanes) is 5. The molecule has 1 unspecified atom stereocenters. The molecule has 0 saturated carbocycles. The average Bonchev–Trinajstić information content (AvgIpc) is 2.21. The number of halogens is 2. The van der Waals surface area contributed by atoms with Gasteiger partial charge in [0.15, 0.2) is 0 Å². The molecule has 0 aliphatic rings. The number of rotatable bonds is 10. The smallest absolute Gasteiger partial charge is 0.0704 e. The van der Waals surface area contributed by atoms with E-state index in [9.17, 15) is 0 Å². The van der Waals surface area contributed by atoms with Crippen molar-refractivity contribution < 1.29 is 4.74 Å². The second-order valence-corrected chi connectivity index (χ2v) is 4.52. The second-order valence-electron chi connectivity index (χ2n) is 3.59. The first kappa shape index (κ1) is 14.5. The minimum atomic E-state index is -0.0308. The molecule has 3 heteroatoms. The Morgan fingerprint density at radius 3 is 2.36 bits per heavy atom. The summed E-state index contributed by atoms with van der Waals surface area (Å²) in [5, 5.41) is -0.0308. The average molecular weight is 241 g/mol. The Hall–Kier alpha value is 0.540. The van der Waals surface area contributed by atoms with Crippen LogP contribution >= 0.6 is 23.2 Å². The first-order chi connectivity index (χ1) is 6.81. The largest absolute Gasteiger partial charge is 0.380 e. The summed E-state index contributed by atoms with van der Waals surface area (Å²) in [6.07, 6.45) is 7.77. The number of hydrogen-bond donors (Lipinski definition) is 0. The van der Waals surface area contributed by atoms with Crippen molar-refractivity contribution in [1.29, 1.82) is 0 Å². The van der Waals surface area contributed by atoms with Crippen LogP contribution in [0.3, 0.4) is 0 Å². The standard InChI is InChI=1S/C11H22Cl2O/c1-2-3-4-5-6-7-8-14-10-11(13)9-12/h11H,2-10H2,1H3. The molecule has 86 valence electrons. The van der Waals surface area contributed by atoms with Crippen LogP contribution < -0.4 is 0 Å². The van der Waals surface area contributed by atoms with Crippen LogP contribution in [0.4, 0.5) is 0 Å². The van der Waals surface area contributed by atoms with Crippen LogP contribution in [0.2, 0.25) is 0 Å². The fraction of sp³-hybridized carbons (Fsp3) is 1.00. The van der Waals surface area contributed by atoms with E-state index in [2.05, 4.69) is 6.92 Å². The maximum atomic E-state index is 5.79. The van der Waals surface area contributed by atoms with E-state index in [1.54, 1.807) is 0 Å². The first-order valence-corrected chi connectivity index (χ1v) is 6.56. The Bertz CT molecular complexity index is 109. The van der Waals surface area contributed by atoms with Crippen LogP contribution in [0.5, 0.6) is 0 Å². The Morgan fingerprint density at radius 2 is 1.71 bits per heavy atom. The highest BCUT2D eigenvalue weighted by atomic mass is 35.5. The summed E-state index contributed by atoms with van der Waals surface area (Å²) in [6, 6.07) is 0. The lowest BCUT2D eigenvalue weighted by Crippen LogP contribution is -2.11. The van der Waals surface area contributed by atoms with E-state index in [4.69, 9.17) is 27.9 Å². The quantitative estimate of drug-likeness (QED) is 0.411. The third kappa shape index (κ3) is 10.6. The van der Waals surface area contributed by atoms with E-state index in [-0.39, 0.29) is 5.38 Å². The van der Waals surface area contributed by atoms with E-state index in [0.29, 0.717) is 12.5 Å². The van der Waals surface area contributed by atoms with Crippen molar-refractivity contribution >= 4 is 23.2 Å². The van der Waals surface area contributed by atoms with Gasteiger partial charge in [0.2, 0.25) is 0 Å². The number of ether oxygens (including phenoxy) is 1. The van der Waals surface area contributed by atoms with Crippen LogP contribution in [0.1, 0.15) is 45.4 Å². The third-order valence-corrected chi connectivity index (χ3v) is 2.92. The van der Waals surface area contributed by atoms with E-state index in [0.717, 1.165) is 13.0 Å². The first-order valence-electron chi connectivity index (χ1n) is 5.59. The highest BCUT2D eigenvalue weighted by Crippen LogP contribution is 2.05. The zero-order valence-electron chi connectivity index (χ0n) is 9.11. The van der Waals surface area contributed by atoms with Gasteiger partial charge in [-0.2, -0.15) is 0 Å². The molecule has 0 amide bonds. The Labute approximate surface area is 98.1 Å². The van der Waals surface area contributed by atoms with Crippen molar-refractivity contribution in [1.82, 2.24) is 0 Å². The van der Waals surface area contributed by atoms with Gasteiger partial charge in [0.25, 0.3) is 0 Å². The second kappa shape index (κ2) is 11.6. The highest BCUT2D eigenvalue weighted by molar-refractivity contribution is 6.28. The molecule has 0 radical (unpaired) electrons. The van der Waals surface area contributed by atoms with Crippen LogP contribution in [-0.2, 0) is 4.74 Å². The third-order valence-electron chi connectivity index (χ3n) is 2.11. The van der Waals surface area contributed by atoms with Gasteiger partial charge in [0.05, 0.1) is 12.0 Å². The molecular weight excluding hydrogens is 219 g/mol. The zero-order valence-corrected chi connectivity index (χ0v) is 10.6. The van der Waals surface area contributed by atoms with Gasteiger partial charge in [0, 0.05) is 12.5 Å². The van der Waals surface area contributed by atoms with E-state index < -0.39 is 0 Å². The van der Waals surface area contributed by atoms with Gasteiger partial charge in [-0.1, -0.05) is 39.0 Å². The van der Waals surface area contributed by atoms with Crippen molar-refractivity contribution in [2.24, 2.45) is 0 Å². The van der Waals surface area contributed by atoms with E-state index in [1.807, 2.05) is 0 Å². The van der Waals surface area contributed by atoms with Gasteiger partial charge in [0.1, 0.15) is 0 Å². The molecule has 0 aromatic carbocycles. The molecule has 14 heavy (non-hydrogen) atoms. The van der Waals surface area contributed by atoms with Gasteiger partial charge in [-0.15, -0.1) is 23.2 Å². The Kier molecular flexibility index (Phi) is 12.1. The summed E-state index contributed by atoms with van der Waals surface area (Å²) >= 11 is 11.3. The van der Waals surface area contributed by atoms with Crippen molar-refractivity contribution in [2.75, 3.05) is 19.1 Å². The lowest BCUT2D eigenvalue weighted by Gasteiger charge is -2.06. The lowest BCUT2D eigenvalue weighted by molar-refractivity contribution is 0.133. The van der Waals surface area contributed by atoms with Gasteiger partial charge in [-0.25, -0.2) is 0 Å². The maximum Gasteiger partial charge on any atom is 0.0704 e. The fourth-order valence-corrected chi connectivity index (χ4v) is 1.42. The van der Waals surface area contributed by atoms with Crippen LogP contribution in [0, 0.1) is 0 Å². The molecule has 0 rings (SSSR count). The normalized spacial score (nSPS) is 13.1. The summed E-state index contributed by atoms with van der Waals surface area (Å²) in [5.74, 6) is 0.470. The lowest BCUT2D eigenvalue weighted by atomic mass is 10.1. The van der Waals surface area contributed by atoms with Crippen molar-refractivity contribution in [3.8, 4) is 0 Å². The zero-order chi connectivity index (χ0) is 10.6. The molecule has 0 heterocycles. The minimum absolute atomic E-state index is 0.0308. The van der Waals surface area contributed by atoms with Crippen LogP contribution in [0.25, 0.3) is 0 Å². The molecule has 0 spiro atoms. The summed E-state index contributed by atoms with van der Waals surface area (Å²) in [5.41, 5.74) is 0.